The molecule has 14 heavy (non-hydrogen) atoms. The summed E-state index contributed by atoms with van der Waals surface area (Å²) in [5, 5.41) is 0. The summed E-state index contributed by atoms with van der Waals surface area (Å²) in [6.45, 7) is 2.02. The van der Waals surface area contributed by atoms with Gasteiger partial charge in [0.05, 0.1) is 12.7 Å². The lowest BCUT2D eigenvalue weighted by atomic mass is 10.2. The van der Waals surface area contributed by atoms with Gasteiger partial charge in [-0.3, -0.25) is 0 Å². The number of aromatic nitrogens is 4. The molecule has 4 heteroatoms. The third kappa shape index (κ3) is 1.28. The Balaban J connectivity index is 2.60. The van der Waals surface area contributed by atoms with Crippen LogP contribution in [-0.4, -0.2) is 14.6 Å². The molecular formula is C10H13N4+. The molecule has 0 spiro atoms. The van der Waals surface area contributed by atoms with Crippen molar-refractivity contribution < 1.29 is 4.68 Å². The summed E-state index contributed by atoms with van der Waals surface area (Å²) >= 11 is 0. The summed E-state index contributed by atoms with van der Waals surface area (Å²) in [5.41, 5.74) is 3.19. The Hall–Kier alpha value is -1.71. The van der Waals surface area contributed by atoms with E-state index >= 15 is 0 Å². The van der Waals surface area contributed by atoms with Crippen molar-refractivity contribution in [2.75, 3.05) is 0 Å². The van der Waals surface area contributed by atoms with Crippen molar-refractivity contribution >= 4 is 0 Å². The van der Waals surface area contributed by atoms with Crippen LogP contribution in [0.25, 0.3) is 11.4 Å². The maximum absolute atomic E-state index is 4.28. The monoisotopic (exact) mass is 189 g/mol. The number of hydrogen-bond acceptors (Lipinski definition) is 2. The molecule has 2 heterocycles. The maximum atomic E-state index is 4.28. The molecule has 0 saturated heterocycles. The molecule has 0 saturated carbocycles. The summed E-state index contributed by atoms with van der Waals surface area (Å²) in [6.07, 6.45) is 5.42. The van der Waals surface area contributed by atoms with Crippen LogP contribution in [0.1, 0.15) is 5.56 Å². The van der Waals surface area contributed by atoms with Gasteiger partial charge in [0.25, 0.3) is 0 Å². The normalized spacial score (nSPS) is 10.5. The highest BCUT2D eigenvalue weighted by molar-refractivity contribution is 5.56. The van der Waals surface area contributed by atoms with E-state index < -0.39 is 0 Å². The van der Waals surface area contributed by atoms with Crippen molar-refractivity contribution in [3.05, 3.63) is 30.4 Å². The number of hydrogen-bond donors (Lipinski definition) is 0. The van der Waals surface area contributed by atoms with E-state index in [2.05, 4.69) is 20.7 Å². The van der Waals surface area contributed by atoms with Crippen molar-refractivity contribution in [3.8, 4) is 11.4 Å². The summed E-state index contributed by atoms with van der Waals surface area (Å²) < 4.78 is 4.06. The highest BCUT2D eigenvalue weighted by atomic mass is 15.4. The Kier molecular flexibility index (Phi) is 2.04. The maximum Gasteiger partial charge on any atom is 0.196 e. The van der Waals surface area contributed by atoms with Gasteiger partial charge in [0.1, 0.15) is 12.0 Å². The van der Waals surface area contributed by atoms with Gasteiger partial charge in [-0.1, -0.05) is 0 Å². The van der Waals surface area contributed by atoms with E-state index in [9.17, 15) is 0 Å². The molecule has 2 aromatic rings. The van der Waals surface area contributed by atoms with Crippen molar-refractivity contribution in [2.45, 2.75) is 6.92 Å². The average molecular weight is 189 g/mol. The largest absolute Gasteiger partial charge is 0.245 e. The zero-order chi connectivity index (χ0) is 10.1. The Labute approximate surface area is 82.8 Å². The average Bonchev–Trinajstić information content (AvgIpc) is 2.49. The van der Waals surface area contributed by atoms with Crippen LogP contribution in [0.2, 0.25) is 0 Å². The van der Waals surface area contributed by atoms with Crippen LogP contribution in [-0.2, 0) is 14.1 Å². The van der Waals surface area contributed by atoms with E-state index in [4.69, 9.17) is 0 Å². The fourth-order valence-electron chi connectivity index (χ4n) is 1.46. The first-order chi connectivity index (χ1) is 6.70. The van der Waals surface area contributed by atoms with Gasteiger partial charge in [-0.05, 0) is 12.5 Å². The van der Waals surface area contributed by atoms with Crippen molar-refractivity contribution in [3.63, 3.8) is 0 Å². The van der Waals surface area contributed by atoms with Gasteiger partial charge < -0.3 is 0 Å². The van der Waals surface area contributed by atoms with Crippen molar-refractivity contribution in [2.24, 2.45) is 14.1 Å². The second-order valence-electron chi connectivity index (χ2n) is 3.35. The fraction of sp³-hybridized carbons (Fsp3) is 0.300. The second-order valence-corrected chi connectivity index (χ2v) is 3.35. The predicted octanol–water partition coefficient (Wildman–Crippen LogP) is 0.615. The third-order valence-electron chi connectivity index (χ3n) is 2.41. The molecule has 0 radical (unpaired) electrons. The highest BCUT2D eigenvalue weighted by Gasteiger charge is 2.12. The summed E-state index contributed by atoms with van der Waals surface area (Å²) in [7, 11) is 4.01. The smallest absolute Gasteiger partial charge is 0.196 e. The van der Waals surface area contributed by atoms with Crippen molar-refractivity contribution in [1.29, 1.82) is 0 Å². The summed E-state index contributed by atoms with van der Waals surface area (Å²) in [6, 6.07) is 2.05. The molecule has 0 fully saturated rings. The summed E-state index contributed by atoms with van der Waals surface area (Å²) in [4.78, 5) is 8.26. The van der Waals surface area contributed by atoms with Crippen LogP contribution in [0.5, 0.6) is 0 Å². The third-order valence-corrected chi connectivity index (χ3v) is 2.41. The van der Waals surface area contributed by atoms with E-state index in [0.717, 1.165) is 17.0 Å². The first-order valence-electron chi connectivity index (χ1n) is 4.49. The predicted molar refractivity (Wildman–Crippen MR) is 52.4 cm³/mol. The molecule has 0 unspecified atom stereocenters. The van der Waals surface area contributed by atoms with Gasteiger partial charge in [0.15, 0.2) is 13.2 Å². The van der Waals surface area contributed by atoms with E-state index in [-0.39, 0.29) is 0 Å². The molecule has 0 aliphatic carbocycles. The molecule has 0 N–H and O–H groups in total. The summed E-state index contributed by atoms with van der Waals surface area (Å²) in [5.74, 6) is 0. The molecule has 0 aliphatic heterocycles. The van der Waals surface area contributed by atoms with Gasteiger partial charge >= 0.3 is 0 Å². The Morgan fingerprint density at radius 3 is 2.79 bits per heavy atom. The Morgan fingerprint density at radius 2 is 2.21 bits per heavy atom. The lowest BCUT2D eigenvalue weighted by Crippen LogP contribution is -2.36. The van der Waals surface area contributed by atoms with Gasteiger partial charge in [-0.2, -0.15) is 4.68 Å². The van der Waals surface area contributed by atoms with Gasteiger partial charge in [-0.25, -0.2) is 9.97 Å². The van der Waals surface area contributed by atoms with Crippen LogP contribution in [0.4, 0.5) is 0 Å². The van der Waals surface area contributed by atoms with Crippen LogP contribution >= 0.6 is 0 Å². The SMILES string of the molecule is Cc1cncnc1-c1cc[n+](C)n1C. The van der Waals surface area contributed by atoms with Crippen molar-refractivity contribution in [1.82, 2.24) is 14.6 Å². The molecule has 0 aliphatic rings. The Bertz CT molecular complexity index is 459. The minimum atomic E-state index is 0.989. The molecule has 4 nitrogen and oxygen atoms in total. The molecule has 2 aromatic heterocycles. The molecule has 0 amide bonds. The highest BCUT2D eigenvalue weighted by Crippen LogP contribution is 2.17. The zero-order valence-electron chi connectivity index (χ0n) is 8.60. The molecule has 72 valence electrons. The minimum Gasteiger partial charge on any atom is -0.245 e. The molecule has 0 atom stereocenters. The van der Waals surface area contributed by atoms with E-state index in [1.165, 1.54) is 0 Å². The standard InChI is InChI=1S/C10H13N4/c1-8-6-11-7-12-10(8)9-4-5-13(2)14(9)3/h4-7H,1-3H3/q+1. The van der Waals surface area contributed by atoms with Crippen LogP contribution < -0.4 is 4.68 Å². The first kappa shape index (κ1) is 8.87. The zero-order valence-corrected chi connectivity index (χ0v) is 8.60. The van der Waals surface area contributed by atoms with E-state index in [1.54, 1.807) is 6.33 Å². The van der Waals surface area contributed by atoms with Crippen LogP contribution in [0.15, 0.2) is 24.8 Å². The lowest BCUT2D eigenvalue weighted by molar-refractivity contribution is -0.750. The first-order valence-corrected chi connectivity index (χ1v) is 4.49. The number of nitrogens with zero attached hydrogens (tertiary/aromatic N) is 4. The quantitative estimate of drug-likeness (QED) is 0.616. The molecular weight excluding hydrogens is 176 g/mol. The van der Waals surface area contributed by atoms with E-state index in [0.29, 0.717) is 0 Å². The second kappa shape index (κ2) is 3.21. The Morgan fingerprint density at radius 1 is 1.43 bits per heavy atom. The fourth-order valence-corrected chi connectivity index (χ4v) is 1.46. The van der Waals surface area contributed by atoms with Gasteiger partial charge in [0, 0.05) is 12.3 Å². The van der Waals surface area contributed by atoms with Gasteiger partial charge in [-0.15, -0.1) is 4.68 Å². The molecule has 0 bridgehead atoms. The molecule has 2 rings (SSSR count). The topological polar surface area (TPSA) is 34.6 Å². The number of aryl methyl sites for hydroxylation is 2. The molecule has 0 aromatic carbocycles. The number of rotatable bonds is 1. The van der Waals surface area contributed by atoms with Crippen LogP contribution in [0.3, 0.4) is 0 Å². The lowest BCUT2D eigenvalue weighted by Gasteiger charge is -2.01. The van der Waals surface area contributed by atoms with Gasteiger partial charge in [0.2, 0.25) is 0 Å². The minimum absolute atomic E-state index is 0.989. The van der Waals surface area contributed by atoms with Crippen LogP contribution in [0, 0.1) is 6.92 Å². The van der Waals surface area contributed by atoms with E-state index in [1.807, 2.05) is 38.1 Å².